The van der Waals surface area contributed by atoms with Crippen LogP contribution in [0.5, 0.6) is 0 Å². The van der Waals surface area contributed by atoms with Crippen LogP contribution in [0.3, 0.4) is 0 Å². The normalized spacial score (nSPS) is 17.9. The Balaban J connectivity index is 0.00000462. The van der Waals surface area contributed by atoms with Gasteiger partial charge in [-0.2, -0.15) is 0 Å². The maximum absolute atomic E-state index is 12.8. The number of rotatable bonds is 15. The fourth-order valence-corrected chi connectivity index (χ4v) is 4.83. The molecular weight excluding hydrogens is 516 g/mol. The first-order valence-corrected chi connectivity index (χ1v) is 14.6. The number of aliphatic imine (C=N–C) groups is 1. The lowest BCUT2D eigenvalue weighted by Crippen LogP contribution is -2.42. The average molecular weight is 565 g/mol. The van der Waals surface area contributed by atoms with Gasteiger partial charge in [0.15, 0.2) is 0 Å². The molecule has 2 aliphatic rings. The van der Waals surface area contributed by atoms with Crippen LogP contribution in [0.2, 0.25) is 0 Å². The molecule has 1 saturated heterocycles. The first-order chi connectivity index (χ1) is 19.9. The van der Waals surface area contributed by atoms with Crippen LogP contribution in [0, 0.1) is 18.3 Å². The molecule has 0 spiro atoms. The highest BCUT2D eigenvalue weighted by molar-refractivity contribution is 6.14. The van der Waals surface area contributed by atoms with Crippen molar-refractivity contribution in [1.82, 2.24) is 5.32 Å². The topological polar surface area (TPSA) is 86.2 Å². The minimum atomic E-state index is -0.552. The second-order valence-electron chi connectivity index (χ2n) is 10.6. The summed E-state index contributed by atoms with van der Waals surface area (Å²) in [6.07, 6.45) is 19.0. The van der Waals surface area contributed by atoms with E-state index in [9.17, 15) is 9.59 Å². The second-order valence-corrected chi connectivity index (χ2v) is 10.6. The van der Waals surface area contributed by atoms with Crippen LogP contribution in [-0.4, -0.2) is 56.5 Å². The summed E-state index contributed by atoms with van der Waals surface area (Å²) in [7, 11) is 1.58. The number of esters is 1. The number of methoxy groups -OCH3 is 1. The van der Waals surface area contributed by atoms with Gasteiger partial charge >= 0.3 is 5.97 Å². The number of carbonyl (C=O) groups is 2. The van der Waals surface area contributed by atoms with Crippen LogP contribution in [0.15, 0.2) is 58.6 Å². The van der Waals surface area contributed by atoms with E-state index in [4.69, 9.17) is 25.6 Å². The number of hydrogen-bond acceptors (Lipinski definition) is 7. The predicted molar refractivity (Wildman–Crippen MR) is 167 cm³/mol. The first kappa shape index (κ1) is 32.2. The van der Waals surface area contributed by atoms with Gasteiger partial charge in [-0.05, 0) is 93.2 Å². The number of terminal acetylenes is 1. The van der Waals surface area contributed by atoms with E-state index in [-0.39, 0.29) is 27.3 Å². The quantitative estimate of drug-likeness (QED) is 0.0693. The van der Waals surface area contributed by atoms with Crippen molar-refractivity contribution in [2.45, 2.75) is 78.0 Å². The predicted octanol–water partition coefficient (Wildman–Crippen LogP) is 6.09. The van der Waals surface area contributed by atoms with Crippen molar-refractivity contribution in [3.8, 4) is 12.3 Å². The van der Waals surface area contributed by atoms with Gasteiger partial charge in [0.25, 0.3) is 0 Å². The number of allylic oxidation sites excluding steroid dienone is 6. The first-order valence-electron chi connectivity index (χ1n) is 14.6. The van der Waals surface area contributed by atoms with Crippen LogP contribution in [0.25, 0.3) is 0 Å². The van der Waals surface area contributed by atoms with Crippen LogP contribution < -0.4 is 5.32 Å². The van der Waals surface area contributed by atoms with Crippen LogP contribution >= 0.6 is 0 Å². The Hall–Kier alpha value is -3.31. The zero-order valence-electron chi connectivity index (χ0n) is 24.9. The molecule has 1 aromatic rings. The molecule has 0 unspecified atom stereocenters. The standard InChI is InChI=1S/C34H44N2O5.2H2/c1-6-27-17-16-25(20-35-32(23-39-5)34(38)41-29-13-9-10-14-29)19-31(27)36-30(15-11-12-26-21-40-22-26)28(7-2)18-24(4)33(37)8-3;;/h3,7,11,15-19,26,29,32,35H,6,9-10,12-14,20-23H2,1-2,4-5H3;2*1H/b15-11-,24-18-,28-7+,36-30?;;/t32-;;/m0../s1. The van der Waals surface area contributed by atoms with Gasteiger partial charge in [0, 0.05) is 28.0 Å². The van der Waals surface area contributed by atoms with E-state index in [1.54, 1.807) is 20.1 Å². The molecule has 1 heterocycles. The number of hydrogen-bond donors (Lipinski definition) is 1. The Morgan fingerprint density at radius 2 is 2.05 bits per heavy atom. The molecule has 1 aliphatic heterocycles. The third kappa shape index (κ3) is 9.93. The van der Waals surface area contributed by atoms with Gasteiger partial charge < -0.3 is 14.2 Å². The van der Waals surface area contributed by atoms with E-state index >= 15 is 0 Å². The van der Waals surface area contributed by atoms with Crippen LogP contribution in [0.1, 0.15) is 66.9 Å². The zero-order chi connectivity index (χ0) is 29.6. The molecule has 0 aromatic heterocycles. The van der Waals surface area contributed by atoms with E-state index in [1.165, 1.54) is 0 Å². The summed E-state index contributed by atoms with van der Waals surface area (Å²) in [4.78, 5) is 30.0. The van der Waals surface area contributed by atoms with E-state index < -0.39 is 6.04 Å². The monoisotopic (exact) mass is 564 g/mol. The van der Waals surface area contributed by atoms with E-state index in [0.717, 1.165) is 79.8 Å². The number of nitrogens with zero attached hydrogens (tertiary/aromatic N) is 1. The fourth-order valence-electron chi connectivity index (χ4n) is 4.83. The molecule has 1 aliphatic carbocycles. The maximum Gasteiger partial charge on any atom is 0.325 e. The molecule has 1 saturated carbocycles. The molecule has 7 nitrogen and oxygen atoms in total. The van der Waals surface area contributed by atoms with Crippen LogP contribution in [0.4, 0.5) is 5.69 Å². The van der Waals surface area contributed by atoms with Crippen molar-refractivity contribution in [3.63, 3.8) is 0 Å². The fraction of sp³-hybridized carbons (Fsp3) is 0.500. The summed E-state index contributed by atoms with van der Waals surface area (Å²) in [5.74, 6) is 2.08. The lowest BCUT2D eigenvalue weighted by Gasteiger charge is -2.24. The summed E-state index contributed by atoms with van der Waals surface area (Å²) in [6, 6.07) is 5.62. The molecule has 1 atom stereocenters. The molecule has 1 aromatic carbocycles. The number of aryl methyl sites for hydroxylation is 1. The molecule has 7 heteroatoms. The summed E-state index contributed by atoms with van der Waals surface area (Å²) in [6.45, 7) is 7.97. The number of ether oxygens (including phenoxy) is 3. The van der Waals surface area contributed by atoms with Crippen molar-refractivity contribution in [3.05, 3.63) is 64.8 Å². The highest BCUT2D eigenvalue weighted by Crippen LogP contribution is 2.25. The Labute approximate surface area is 248 Å². The summed E-state index contributed by atoms with van der Waals surface area (Å²) >= 11 is 0. The molecule has 2 fully saturated rings. The van der Waals surface area contributed by atoms with Crippen molar-refractivity contribution in [2.75, 3.05) is 26.9 Å². The molecule has 3 rings (SSSR count). The Bertz CT molecular complexity index is 1220. The van der Waals surface area contributed by atoms with Gasteiger partial charge in [0.1, 0.15) is 12.1 Å². The molecular formula is C34H48N2O5. The van der Waals surface area contributed by atoms with Gasteiger partial charge in [0.2, 0.25) is 5.78 Å². The van der Waals surface area contributed by atoms with E-state index in [0.29, 0.717) is 18.0 Å². The second kappa shape index (κ2) is 16.8. The molecule has 0 bridgehead atoms. The van der Waals surface area contributed by atoms with Gasteiger partial charge in [-0.3, -0.25) is 14.9 Å². The summed E-state index contributed by atoms with van der Waals surface area (Å²) in [5, 5.41) is 3.32. The molecule has 0 radical (unpaired) electrons. The Morgan fingerprint density at radius 3 is 2.66 bits per heavy atom. The number of ketones is 1. The number of carbonyl (C=O) groups excluding carboxylic acids is 2. The lowest BCUT2D eigenvalue weighted by atomic mass is 10.0. The number of benzene rings is 1. The third-order valence-electron chi connectivity index (χ3n) is 7.45. The zero-order valence-corrected chi connectivity index (χ0v) is 24.9. The maximum atomic E-state index is 12.8. The average Bonchev–Trinajstić information content (AvgIpc) is 3.47. The molecule has 0 amide bonds. The number of nitrogens with one attached hydrogen (secondary N) is 1. The minimum absolute atomic E-state index is 0. The Morgan fingerprint density at radius 1 is 1.29 bits per heavy atom. The smallest absolute Gasteiger partial charge is 0.325 e. The van der Waals surface area contributed by atoms with Crippen molar-refractivity contribution < 1.29 is 26.7 Å². The summed E-state index contributed by atoms with van der Waals surface area (Å²) in [5.41, 5.74) is 4.96. The largest absolute Gasteiger partial charge is 0.461 e. The van der Waals surface area contributed by atoms with Gasteiger partial charge in [-0.1, -0.05) is 31.2 Å². The summed E-state index contributed by atoms with van der Waals surface area (Å²) < 4.78 is 16.3. The van der Waals surface area contributed by atoms with Crippen molar-refractivity contribution >= 4 is 23.2 Å². The van der Waals surface area contributed by atoms with Crippen molar-refractivity contribution in [2.24, 2.45) is 10.9 Å². The van der Waals surface area contributed by atoms with Gasteiger partial charge in [-0.15, -0.1) is 6.42 Å². The van der Waals surface area contributed by atoms with E-state index in [1.807, 2.05) is 25.1 Å². The van der Waals surface area contributed by atoms with Crippen molar-refractivity contribution in [1.29, 1.82) is 0 Å². The SMILES string of the molecule is C#CC(=O)/C(C)=C\C(=C/C)C(/C=C\CC1COC1)=Nc1cc(CN[C@@H](COC)C(=O)OC2CCCC2)ccc1CC.[HH].[HH]. The molecule has 1 N–H and O–H groups in total. The number of Topliss-reactive ketones (excluding diaryl/α,β-unsaturated/α-hetero) is 1. The highest BCUT2D eigenvalue weighted by Gasteiger charge is 2.25. The molecule has 224 valence electrons. The van der Waals surface area contributed by atoms with Crippen LogP contribution in [-0.2, 0) is 36.8 Å². The molecule has 41 heavy (non-hydrogen) atoms. The lowest BCUT2D eigenvalue weighted by molar-refractivity contribution is -0.152. The minimum Gasteiger partial charge on any atom is -0.461 e. The van der Waals surface area contributed by atoms with Gasteiger partial charge in [-0.25, -0.2) is 4.99 Å². The highest BCUT2D eigenvalue weighted by atomic mass is 16.5. The van der Waals surface area contributed by atoms with Gasteiger partial charge in [0.05, 0.1) is 31.2 Å². The third-order valence-corrected chi connectivity index (χ3v) is 7.45. The van der Waals surface area contributed by atoms with E-state index in [2.05, 4.69) is 36.4 Å². The Kier molecular flexibility index (Phi) is 13.2.